The smallest absolute Gasteiger partial charge is 0.0291 e. The van der Waals surface area contributed by atoms with Crippen LogP contribution in [0.25, 0.3) is 0 Å². The third kappa shape index (κ3) is 4.91. The summed E-state index contributed by atoms with van der Waals surface area (Å²) < 4.78 is 0. The number of nitrogens with one attached hydrogen (secondary N) is 1. The summed E-state index contributed by atoms with van der Waals surface area (Å²) in [6.45, 7) is 10.1. The number of unbranched alkanes of at least 4 members (excludes halogenated alkanes) is 2. The topological polar surface area (TPSA) is 12.0 Å². The maximum atomic E-state index is 3.58. The van der Waals surface area contributed by atoms with E-state index in [9.17, 15) is 0 Å². The van der Waals surface area contributed by atoms with E-state index in [0.29, 0.717) is 12.0 Å². The van der Waals surface area contributed by atoms with Gasteiger partial charge in [0.05, 0.1) is 0 Å². The summed E-state index contributed by atoms with van der Waals surface area (Å²) in [4.78, 5) is 0. The van der Waals surface area contributed by atoms with Gasteiger partial charge in [-0.25, -0.2) is 0 Å². The van der Waals surface area contributed by atoms with Crippen molar-refractivity contribution in [3.05, 3.63) is 35.4 Å². The second kappa shape index (κ2) is 7.50. The molecule has 17 heavy (non-hydrogen) atoms. The average Bonchev–Trinajstić information content (AvgIpc) is 2.34. The van der Waals surface area contributed by atoms with Gasteiger partial charge < -0.3 is 5.32 Å². The van der Waals surface area contributed by atoms with Crippen molar-refractivity contribution in [1.82, 2.24) is 5.32 Å². The first-order chi connectivity index (χ1) is 8.15. The Morgan fingerprint density at radius 3 is 2.06 bits per heavy atom. The Kier molecular flexibility index (Phi) is 6.28. The van der Waals surface area contributed by atoms with Crippen LogP contribution in [-0.4, -0.2) is 6.54 Å². The van der Waals surface area contributed by atoms with Crippen LogP contribution in [0.4, 0.5) is 0 Å². The molecule has 96 valence electrons. The molecule has 0 radical (unpaired) electrons. The van der Waals surface area contributed by atoms with Crippen LogP contribution in [0.5, 0.6) is 0 Å². The van der Waals surface area contributed by atoms with Crippen molar-refractivity contribution in [3.8, 4) is 0 Å². The molecule has 0 saturated carbocycles. The van der Waals surface area contributed by atoms with Crippen LogP contribution in [0.2, 0.25) is 0 Å². The van der Waals surface area contributed by atoms with Gasteiger partial charge in [0.25, 0.3) is 0 Å². The van der Waals surface area contributed by atoms with Gasteiger partial charge in [0.15, 0.2) is 0 Å². The molecule has 1 nitrogen and oxygen atoms in total. The largest absolute Gasteiger partial charge is 0.310 e. The maximum Gasteiger partial charge on any atom is 0.0291 e. The average molecular weight is 233 g/mol. The molecule has 0 fully saturated rings. The van der Waals surface area contributed by atoms with Crippen LogP contribution in [0.15, 0.2) is 24.3 Å². The van der Waals surface area contributed by atoms with Gasteiger partial charge in [-0.3, -0.25) is 0 Å². The molecule has 0 spiro atoms. The van der Waals surface area contributed by atoms with Crippen LogP contribution in [0.3, 0.4) is 0 Å². The van der Waals surface area contributed by atoms with E-state index in [0.717, 1.165) is 6.54 Å². The molecule has 1 N–H and O–H groups in total. The van der Waals surface area contributed by atoms with E-state index in [2.05, 4.69) is 57.3 Å². The quantitative estimate of drug-likeness (QED) is 0.676. The van der Waals surface area contributed by atoms with E-state index in [1.54, 1.807) is 0 Å². The molecule has 1 rings (SSSR count). The lowest BCUT2D eigenvalue weighted by Crippen LogP contribution is -2.19. The fourth-order valence-electron chi connectivity index (χ4n) is 1.98. The van der Waals surface area contributed by atoms with Crippen molar-refractivity contribution < 1.29 is 0 Å². The summed E-state index contributed by atoms with van der Waals surface area (Å²) in [5, 5.41) is 3.58. The minimum absolute atomic E-state index is 0.466. The van der Waals surface area contributed by atoms with Crippen molar-refractivity contribution in [2.45, 2.75) is 58.9 Å². The summed E-state index contributed by atoms with van der Waals surface area (Å²) in [5.41, 5.74) is 2.82. The molecule has 0 aliphatic heterocycles. The van der Waals surface area contributed by atoms with Gasteiger partial charge in [-0.1, -0.05) is 57.9 Å². The molecule has 1 heteroatoms. The molecule has 1 aromatic rings. The fraction of sp³-hybridized carbons (Fsp3) is 0.625. The van der Waals surface area contributed by atoms with Crippen LogP contribution in [0, 0.1) is 0 Å². The Labute approximate surface area is 107 Å². The van der Waals surface area contributed by atoms with Crippen molar-refractivity contribution in [1.29, 1.82) is 0 Å². The van der Waals surface area contributed by atoms with Gasteiger partial charge in [-0.15, -0.1) is 0 Å². The highest BCUT2D eigenvalue weighted by atomic mass is 14.9. The highest BCUT2D eigenvalue weighted by Gasteiger charge is 2.05. The van der Waals surface area contributed by atoms with E-state index >= 15 is 0 Å². The van der Waals surface area contributed by atoms with Crippen LogP contribution < -0.4 is 5.32 Å². The molecule has 1 aromatic carbocycles. The molecule has 1 unspecified atom stereocenters. The van der Waals surface area contributed by atoms with E-state index in [1.807, 2.05) is 0 Å². The SMILES string of the molecule is CCCCCNC(C)c1ccc(C(C)C)cc1. The zero-order valence-corrected chi connectivity index (χ0v) is 11.8. The lowest BCUT2D eigenvalue weighted by atomic mass is 9.99. The zero-order chi connectivity index (χ0) is 12.7. The zero-order valence-electron chi connectivity index (χ0n) is 11.8. The lowest BCUT2D eigenvalue weighted by molar-refractivity contribution is 0.544. The van der Waals surface area contributed by atoms with E-state index in [4.69, 9.17) is 0 Å². The van der Waals surface area contributed by atoms with Crippen molar-refractivity contribution in [2.75, 3.05) is 6.54 Å². The first-order valence-electron chi connectivity index (χ1n) is 6.98. The summed E-state index contributed by atoms with van der Waals surface area (Å²) >= 11 is 0. The van der Waals surface area contributed by atoms with Gasteiger partial charge in [0, 0.05) is 6.04 Å². The Morgan fingerprint density at radius 2 is 1.53 bits per heavy atom. The summed E-state index contributed by atoms with van der Waals surface area (Å²) in [7, 11) is 0. The fourth-order valence-corrected chi connectivity index (χ4v) is 1.98. The van der Waals surface area contributed by atoms with Crippen molar-refractivity contribution >= 4 is 0 Å². The predicted molar refractivity (Wildman–Crippen MR) is 76.5 cm³/mol. The van der Waals surface area contributed by atoms with Crippen molar-refractivity contribution in [3.63, 3.8) is 0 Å². The van der Waals surface area contributed by atoms with Crippen LogP contribution >= 0.6 is 0 Å². The van der Waals surface area contributed by atoms with Gasteiger partial charge in [0.2, 0.25) is 0 Å². The summed E-state index contributed by atoms with van der Waals surface area (Å²) in [5.74, 6) is 0.622. The Balaban J connectivity index is 2.43. The highest BCUT2D eigenvalue weighted by Crippen LogP contribution is 2.18. The molecule has 0 aromatic heterocycles. The maximum absolute atomic E-state index is 3.58. The summed E-state index contributed by atoms with van der Waals surface area (Å²) in [6.07, 6.45) is 3.90. The molecule has 0 saturated heterocycles. The highest BCUT2D eigenvalue weighted by molar-refractivity contribution is 5.26. The van der Waals surface area contributed by atoms with E-state index in [1.165, 1.54) is 30.4 Å². The standard InChI is InChI=1S/C16H27N/c1-5-6-7-12-17-14(4)16-10-8-15(9-11-16)13(2)3/h8-11,13-14,17H,5-7,12H2,1-4H3. The molecule has 0 amide bonds. The Bertz CT molecular complexity index is 300. The molecule has 1 atom stereocenters. The normalized spacial score (nSPS) is 13.0. The second-order valence-electron chi connectivity index (χ2n) is 5.20. The Morgan fingerprint density at radius 1 is 0.941 bits per heavy atom. The number of hydrogen-bond donors (Lipinski definition) is 1. The van der Waals surface area contributed by atoms with Crippen LogP contribution in [-0.2, 0) is 0 Å². The molecule has 0 aliphatic rings. The lowest BCUT2D eigenvalue weighted by Gasteiger charge is -2.15. The minimum atomic E-state index is 0.466. The van der Waals surface area contributed by atoms with Gasteiger partial charge in [-0.05, 0) is 36.9 Å². The third-order valence-electron chi connectivity index (χ3n) is 3.33. The van der Waals surface area contributed by atoms with Gasteiger partial charge in [0.1, 0.15) is 0 Å². The molecule has 0 heterocycles. The van der Waals surface area contributed by atoms with Gasteiger partial charge in [-0.2, -0.15) is 0 Å². The first-order valence-corrected chi connectivity index (χ1v) is 6.98. The number of benzene rings is 1. The summed E-state index contributed by atoms with van der Waals surface area (Å²) in [6, 6.07) is 9.49. The number of hydrogen-bond acceptors (Lipinski definition) is 1. The van der Waals surface area contributed by atoms with Crippen LogP contribution in [0.1, 0.15) is 70.0 Å². The van der Waals surface area contributed by atoms with E-state index < -0.39 is 0 Å². The first kappa shape index (κ1) is 14.2. The third-order valence-corrected chi connectivity index (χ3v) is 3.33. The molecular formula is C16H27N. The molecule has 0 aliphatic carbocycles. The van der Waals surface area contributed by atoms with Gasteiger partial charge >= 0.3 is 0 Å². The Hall–Kier alpha value is -0.820. The predicted octanol–water partition coefficient (Wildman–Crippen LogP) is 4.65. The molecular weight excluding hydrogens is 206 g/mol. The minimum Gasteiger partial charge on any atom is -0.310 e. The number of rotatable bonds is 7. The van der Waals surface area contributed by atoms with Crippen molar-refractivity contribution in [2.24, 2.45) is 0 Å². The second-order valence-corrected chi connectivity index (χ2v) is 5.20. The molecule has 0 bridgehead atoms. The van der Waals surface area contributed by atoms with E-state index in [-0.39, 0.29) is 0 Å². The monoisotopic (exact) mass is 233 g/mol.